The van der Waals surface area contributed by atoms with Gasteiger partial charge in [-0.2, -0.15) is 0 Å². The van der Waals surface area contributed by atoms with Gasteiger partial charge >= 0.3 is 0 Å². The molecule has 0 amide bonds. The Hall–Kier alpha value is -0.220. The Morgan fingerprint density at radius 3 is 1.92 bits per heavy atom. The van der Waals surface area contributed by atoms with Crippen LogP contribution in [-0.2, 0) is 0 Å². The fourth-order valence-electron chi connectivity index (χ4n) is 2.37. The number of rotatable bonds is 3. The third kappa shape index (κ3) is 1.12. The molecule has 13 heavy (non-hydrogen) atoms. The summed E-state index contributed by atoms with van der Waals surface area (Å²) < 4.78 is 24.9. The summed E-state index contributed by atoms with van der Waals surface area (Å²) in [6, 6.07) is 0. The van der Waals surface area contributed by atoms with Crippen molar-refractivity contribution in [1.29, 1.82) is 0 Å². The molecule has 2 saturated carbocycles. The Balaban J connectivity index is 2.02. The van der Waals surface area contributed by atoms with E-state index in [1.54, 1.807) is 0 Å². The highest BCUT2D eigenvalue weighted by molar-refractivity contribution is 5.22. The summed E-state index contributed by atoms with van der Waals surface area (Å²) >= 11 is 0. The van der Waals surface area contributed by atoms with Crippen molar-refractivity contribution in [3.05, 3.63) is 0 Å². The van der Waals surface area contributed by atoms with E-state index in [-0.39, 0.29) is 12.8 Å². The predicted molar refractivity (Wildman–Crippen MR) is 44.7 cm³/mol. The molecule has 0 aromatic rings. The van der Waals surface area contributed by atoms with Crippen LogP contribution in [0.2, 0.25) is 0 Å². The number of hydrogen-bond donors (Lipinski definition) is 2. The van der Waals surface area contributed by atoms with Crippen LogP contribution in [0.15, 0.2) is 0 Å². The Labute approximate surface area is 76.1 Å². The molecule has 0 unspecified atom stereocenters. The maximum Gasteiger partial charge on any atom is 0.0977 e. The van der Waals surface area contributed by atoms with Gasteiger partial charge in [-0.3, -0.25) is 8.78 Å². The van der Waals surface area contributed by atoms with Gasteiger partial charge in [0.05, 0.1) is 19.0 Å². The van der Waals surface area contributed by atoms with E-state index in [4.69, 9.17) is 5.73 Å². The number of alkyl halides is 2. The highest BCUT2D eigenvalue weighted by atomic mass is 19.1. The summed E-state index contributed by atoms with van der Waals surface area (Å²) in [6.07, 6.45) is 1.92. The lowest BCUT2D eigenvalue weighted by molar-refractivity contribution is -0.163. The van der Waals surface area contributed by atoms with Gasteiger partial charge < -0.3 is 10.8 Å². The first-order valence-electron chi connectivity index (χ1n) is 4.63. The maximum absolute atomic E-state index is 12.5. The first-order chi connectivity index (χ1) is 5.99. The average Bonchev–Trinajstić information content (AvgIpc) is 2.79. The summed E-state index contributed by atoms with van der Waals surface area (Å²) in [6.45, 7) is -1.39. The molecule has 4 heteroatoms. The molecule has 0 aromatic carbocycles. The summed E-state index contributed by atoms with van der Waals surface area (Å²) in [5.74, 6) is 0. The lowest BCUT2D eigenvalue weighted by atomic mass is 9.57. The molecular formula is C9H15F2NO. The second-order valence-electron chi connectivity index (χ2n) is 4.81. The standard InChI is InChI=1S/C9H15F2NO/c10-5-7(6-11)3-9(13,4-7)8(12)1-2-8/h13H,1-6,12H2. The van der Waals surface area contributed by atoms with Crippen LogP contribution in [0.4, 0.5) is 8.78 Å². The lowest BCUT2D eigenvalue weighted by Gasteiger charge is -2.54. The highest BCUT2D eigenvalue weighted by Crippen LogP contribution is 2.59. The number of halogens is 2. The van der Waals surface area contributed by atoms with E-state index in [0.717, 1.165) is 12.8 Å². The van der Waals surface area contributed by atoms with E-state index in [0.29, 0.717) is 0 Å². The molecule has 2 rings (SSSR count). The van der Waals surface area contributed by atoms with E-state index in [2.05, 4.69) is 0 Å². The van der Waals surface area contributed by atoms with Crippen molar-refractivity contribution in [2.24, 2.45) is 11.1 Å². The van der Waals surface area contributed by atoms with Crippen LogP contribution >= 0.6 is 0 Å². The van der Waals surface area contributed by atoms with Crippen LogP contribution in [0.5, 0.6) is 0 Å². The number of hydrogen-bond acceptors (Lipinski definition) is 2. The van der Waals surface area contributed by atoms with Gasteiger partial charge in [-0.1, -0.05) is 0 Å². The monoisotopic (exact) mass is 191 g/mol. The van der Waals surface area contributed by atoms with Gasteiger partial charge in [0, 0.05) is 11.0 Å². The van der Waals surface area contributed by atoms with Gasteiger partial charge in [0.1, 0.15) is 0 Å². The zero-order valence-electron chi connectivity index (χ0n) is 7.52. The summed E-state index contributed by atoms with van der Waals surface area (Å²) in [7, 11) is 0. The molecule has 2 aliphatic rings. The van der Waals surface area contributed by atoms with Crippen LogP contribution in [0.1, 0.15) is 25.7 Å². The molecular weight excluding hydrogens is 176 g/mol. The molecule has 2 nitrogen and oxygen atoms in total. The molecule has 0 saturated heterocycles. The van der Waals surface area contributed by atoms with Gasteiger partial charge in [-0.25, -0.2) is 0 Å². The van der Waals surface area contributed by atoms with Gasteiger partial charge in [0.25, 0.3) is 0 Å². The van der Waals surface area contributed by atoms with Gasteiger partial charge in [-0.15, -0.1) is 0 Å². The van der Waals surface area contributed by atoms with Gasteiger partial charge in [0.2, 0.25) is 0 Å². The van der Waals surface area contributed by atoms with Crippen molar-refractivity contribution in [3.8, 4) is 0 Å². The van der Waals surface area contributed by atoms with E-state index in [1.165, 1.54) is 0 Å². The third-order valence-electron chi connectivity index (χ3n) is 3.62. The van der Waals surface area contributed by atoms with E-state index >= 15 is 0 Å². The third-order valence-corrected chi connectivity index (χ3v) is 3.62. The van der Waals surface area contributed by atoms with Crippen LogP contribution in [0, 0.1) is 5.41 Å². The molecule has 76 valence electrons. The number of aliphatic hydroxyl groups is 1. The van der Waals surface area contributed by atoms with Gasteiger partial charge in [-0.05, 0) is 25.7 Å². The SMILES string of the molecule is NC1(C2(O)CC(CF)(CF)C2)CC1. The van der Waals surface area contributed by atoms with Crippen LogP contribution in [0.25, 0.3) is 0 Å². The zero-order chi connectivity index (χ0) is 9.74. The average molecular weight is 191 g/mol. The quantitative estimate of drug-likeness (QED) is 0.697. The van der Waals surface area contributed by atoms with Crippen molar-refractivity contribution in [3.63, 3.8) is 0 Å². The minimum Gasteiger partial charge on any atom is -0.388 e. The summed E-state index contributed by atoms with van der Waals surface area (Å²) in [4.78, 5) is 0. The lowest BCUT2D eigenvalue weighted by Crippen LogP contribution is -2.64. The fraction of sp³-hybridized carbons (Fsp3) is 1.00. The van der Waals surface area contributed by atoms with Crippen molar-refractivity contribution >= 4 is 0 Å². The molecule has 0 bridgehead atoms. The van der Waals surface area contributed by atoms with Crippen LogP contribution in [-0.4, -0.2) is 29.6 Å². The van der Waals surface area contributed by atoms with Crippen LogP contribution < -0.4 is 5.73 Å². The molecule has 2 aliphatic carbocycles. The molecule has 0 aromatic heterocycles. The van der Waals surface area contributed by atoms with Crippen molar-refractivity contribution in [1.82, 2.24) is 0 Å². The zero-order valence-corrected chi connectivity index (χ0v) is 7.52. The molecule has 0 aliphatic heterocycles. The smallest absolute Gasteiger partial charge is 0.0977 e. The largest absolute Gasteiger partial charge is 0.388 e. The molecule has 0 spiro atoms. The van der Waals surface area contributed by atoms with E-state index in [1.807, 2.05) is 0 Å². The van der Waals surface area contributed by atoms with E-state index in [9.17, 15) is 13.9 Å². The maximum atomic E-state index is 12.5. The molecule has 0 heterocycles. The highest BCUT2D eigenvalue weighted by Gasteiger charge is 2.66. The minimum atomic E-state index is -0.995. The van der Waals surface area contributed by atoms with E-state index < -0.39 is 29.9 Å². The number of nitrogens with two attached hydrogens (primary N) is 1. The molecule has 0 atom stereocenters. The first kappa shape index (κ1) is 9.34. The Kier molecular flexibility index (Phi) is 1.74. The normalized spacial score (nSPS) is 32.3. The first-order valence-corrected chi connectivity index (χ1v) is 4.63. The second-order valence-corrected chi connectivity index (χ2v) is 4.81. The van der Waals surface area contributed by atoms with Crippen molar-refractivity contribution in [2.45, 2.75) is 36.8 Å². The Morgan fingerprint density at radius 1 is 1.15 bits per heavy atom. The van der Waals surface area contributed by atoms with Crippen molar-refractivity contribution in [2.75, 3.05) is 13.3 Å². The molecule has 2 fully saturated rings. The fourth-order valence-corrected chi connectivity index (χ4v) is 2.37. The predicted octanol–water partition coefficient (Wildman–Crippen LogP) is 0.928. The minimum absolute atomic E-state index is 0.184. The van der Waals surface area contributed by atoms with Crippen molar-refractivity contribution < 1.29 is 13.9 Å². The Morgan fingerprint density at radius 2 is 1.62 bits per heavy atom. The van der Waals surface area contributed by atoms with Crippen LogP contribution in [0.3, 0.4) is 0 Å². The summed E-state index contributed by atoms with van der Waals surface area (Å²) in [5.41, 5.74) is 3.36. The molecule has 0 radical (unpaired) electrons. The Bertz CT molecular complexity index is 216. The summed E-state index contributed by atoms with van der Waals surface area (Å²) in [5, 5.41) is 9.95. The second kappa shape index (κ2) is 2.42. The van der Waals surface area contributed by atoms with Gasteiger partial charge in [0.15, 0.2) is 0 Å². The topological polar surface area (TPSA) is 46.2 Å². The molecule has 3 N–H and O–H groups in total.